The Morgan fingerprint density at radius 1 is 0.929 bits per heavy atom. The summed E-state index contributed by atoms with van der Waals surface area (Å²) in [6.07, 6.45) is 0.664. The molecule has 0 fully saturated rings. The SMILES string of the molecule is COc1cc(CCC(=O)NNC(=O)c2ccc3c(c2)OCCO3)cc(OC)c1. The van der Waals surface area contributed by atoms with Crippen LogP contribution in [0.2, 0.25) is 0 Å². The fraction of sp³-hybridized carbons (Fsp3) is 0.300. The maximum absolute atomic E-state index is 12.2. The van der Waals surface area contributed by atoms with Gasteiger partial charge in [0.2, 0.25) is 5.91 Å². The summed E-state index contributed by atoms with van der Waals surface area (Å²) in [5, 5.41) is 0. The third-order valence-electron chi connectivity index (χ3n) is 4.17. The lowest BCUT2D eigenvalue weighted by Crippen LogP contribution is -2.41. The van der Waals surface area contributed by atoms with E-state index in [9.17, 15) is 9.59 Å². The normalized spacial score (nSPS) is 12.1. The number of nitrogens with one attached hydrogen (secondary N) is 2. The predicted octanol–water partition coefficient (Wildman–Crippen LogP) is 1.87. The van der Waals surface area contributed by atoms with Gasteiger partial charge in [0.1, 0.15) is 24.7 Å². The van der Waals surface area contributed by atoms with E-state index < -0.39 is 5.91 Å². The number of ether oxygens (including phenoxy) is 4. The molecule has 0 aromatic heterocycles. The van der Waals surface area contributed by atoms with Crippen LogP contribution in [0.25, 0.3) is 0 Å². The minimum absolute atomic E-state index is 0.192. The number of amides is 2. The van der Waals surface area contributed by atoms with E-state index in [0.29, 0.717) is 48.2 Å². The highest BCUT2D eigenvalue weighted by Crippen LogP contribution is 2.30. The van der Waals surface area contributed by atoms with E-state index in [-0.39, 0.29) is 12.3 Å². The molecular weight excluding hydrogens is 364 g/mol. The second-order valence-electron chi connectivity index (χ2n) is 6.08. The minimum Gasteiger partial charge on any atom is -0.497 e. The zero-order valence-electron chi connectivity index (χ0n) is 15.7. The Morgan fingerprint density at radius 3 is 2.29 bits per heavy atom. The average molecular weight is 386 g/mol. The van der Waals surface area contributed by atoms with Crippen LogP contribution in [-0.4, -0.2) is 39.2 Å². The summed E-state index contributed by atoms with van der Waals surface area (Å²) in [7, 11) is 3.14. The zero-order chi connectivity index (χ0) is 19.9. The molecule has 0 saturated carbocycles. The molecule has 1 aliphatic rings. The quantitative estimate of drug-likeness (QED) is 0.736. The Balaban J connectivity index is 1.51. The number of rotatable bonds is 6. The molecule has 0 unspecified atom stereocenters. The van der Waals surface area contributed by atoms with Gasteiger partial charge in [0.25, 0.3) is 5.91 Å². The van der Waals surface area contributed by atoms with Gasteiger partial charge in [-0.25, -0.2) is 0 Å². The van der Waals surface area contributed by atoms with E-state index in [1.54, 1.807) is 38.5 Å². The van der Waals surface area contributed by atoms with E-state index >= 15 is 0 Å². The molecule has 2 aromatic carbocycles. The Morgan fingerprint density at radius 2 is 1.61 bits per heavy atom. The molecular formula is C20H22N2O6. The first-order chi connectivity index (χ1) is 13.6. The van der Waals surface area contributed by atoms with Gasteiger partial charge in [-0.1, -0.05) is 0 Å². The monoisotopic (exact) mass is 386 g/mol. The molecule has 0 radical (unpaired) electrons. The number of carbonyl (C=O) groups is 2. The van der Waals surface area contributed by atoms with Gasteiger partial charge in [0.05, 0.1) is 14.2 Å². The fourth-order valence-corrected chi connectivity index (χ4v) is 2.71. The second kappa shape index (κ2) is 8.98. The number of hydrazine groups is 1. The van der Waals surface area contributed by atoms with Gasteiger partial charge in [0.15, 0.2) is 11.5 Å². The van der Waals surface area contributed by atoms with Crippen molar-refractivity contribution in [1.82, 2.24) is 10.9 Å². The summed E-state index contributed by atoms with van der Waals surface area (Å²) in [6, 6.07) is 10.3. The molecule has 1 aliphatic heterocycles. The first-order valence-corrected chi connectivity index (χ1v) is 8.80. The molecule has 0 bridgehead atoms. The van der Waals surface area contributed by atoms with E-state index in [2.05, 4.69) is 10.9 Å². The summed E-state index contributed by atoms with van der Waals surface area (Å²) < 4.78 is 21.3. The number of hydrogen-bond donors (Lipinski definition) is 2. The molecule has 8 heteroatoms. The third kappa shape index (κ3) is 4.85. The standard InChI is InChI=1S/C20H22N2O6/c1-25-15-9-13(10-16(12-15)26-2)3-6-19(23)21-22-20(24)14-4-5-17-18(11-14)28-8-7-27-17/h4-5,9-12H,3,6-8H2,1-2H3,(H,21,23)(H,22,24). The maximum Gasteiger partial charge on any atom is 0.269 e. The van der Waals surface area contributed by atoms with Gasteiger partial charge in [-0.15, -0.1) is 0 Å². The molecule has 148 valence electrons. The highest BCUT2D eigenvalue weighted by atomic mass is 16.6. The number of fused-ring (bicyclic) bond motifs is 1. The zero-order valence-corrected chi connectivity index (χ0v) is 15.7. The smallest absolute Gasteiger partial charge is 0.269 e. The summed E-state index contributed by atoms with van der Waals surface area (Å²) in [6.45, 7) is 0.914. The van der Waals surface area contributed by atoms with Crippen molar-refractivity contribution in [3.05, 3.63) is 47.5 Å². The highest BCUT2D eigenvalue weighted by Gasteiger charge is 2.15. The maximum atomic E-state index is 12.2. The summed E-state index contributed by atoms with van der Waals surface area (Å²) >= 11 is 0. The van der Waals surface area contributed by atoms with Crippen LogP contribution in [0.15, 0.2) is 36.4 Å². The molecule has 8 nitrogen and oxygen atoms in total. The van der Waals surface area contributed by atoms with Crippen LogP contribution in [0.4, 0.5) is 0 Å². The van der Waals surface area contributed by atoms with Crippen molar-refractivity contribution in [2.24, 2.45) is 0 Å². The lowest BCUT2D eigenvalue weighted by Gasteiger charge is -2.18. The predicted molar refractivity (Wildman–Crippen MR) is 101 cm³/mol. The van der Waals surface area contributed by atoms with Crippen LogP contribution >= 0.6 is 0 Å². The molecule has 3 rings (SSSR count). The van der Waals surface area contributed by atoms with Crippen molar-refractivity contribution in [2.75, 3.05) is 27.4 Å². The van der Waals surface area contributed by atoms with Crippen molar-refractivity contribution in [3.63, 3.8) is 0 Å². The molecule has 1 heterocycles. The van der Waals surface area contributed by atoms with Gasteiger partial charge >= 0.3 is 0 Å². The minimum atomic E-state index is -0.437. The average Bonchev–Trinajstić information content (AvgIpc) is 2.75. The van der Waals surface area contributed by atoms with E-state index in [1.807, 2.05) is 12.1 Å². The third-order valence-corrected chi connectivity index (χ3v) is 4.17. The lowest BCUT2D eigenvalue weighted by atomic mass is 10.1. The van der Waals surface area contributed by atoms with Crippen LogP contribution in [0.3, 0.4) is 0 Å². The number of methoxy groups -OCH3 is 2. The topological polar surface area (TPSA) is 95.1 Å². The Bertz CT molecular complexity index is 846. The van der Waals surface area contributed by atoms with Gasteiger partial charge in [-0.05, 0) is 42.3 Å². The van der Waals surface area contributed by atoms with Crippen molar-refractivity contribution in [2.45, 2.75) is 12.8 Å². The Kier molecular flexibility index (Phi) is 6.21. The molecule has 2 N–H and O–H groups in total. The second-order valence-corrected chi connectivity index (χ2v) is 6.08. The number of aryl methyl sites for hydroxylation is 1. The lowest BCUT2D eigenvalue weighted by molar-refractivity contribution is -0.121. The summed E-state index contributed by atoms with van der Waals surface area (Å²) in [4.78, 5) is 24.3. The van der Waals surface area contributed by atoms with Gasteiger partial charge in [0, 0.05) is 18.1 Å². The molecule has 0 spiro atoms. The number of hydrogen-bond acceptors (Lipinski definition) is 6. The number of carbonyl (C=O) groups excluding carboxylic acids is 2. The molecule has 2 amide bonds. The van der Waals surface area contributed by atoms with Crippen molar-refractivity contribution in [3.8, 4) is 23.0 Å². The first-order valence-electron chi connectivity index (χ1n) is 8.80. The van der Waals surface area contributed by atoms with Gasteiger partial charge in [-0.2, -0.15) is 0 Å². The molecule has 0 atom stereocenters. The van der Waals surface area contributed by atoms with Gasteiger partial charge in [-0.3, -0.25) is 20.4 Å². The van der Waals surface area contributed by atoms with E-state index in [0.717, 1.165) is 5.56 Å². The largest absolute Gasteiger partial charge is 0.497 e. The molecule has 28 heavy (non-hydrogen) atoms. The summed E-state index contributed by atoms with van der Waals surface area (Å²) in [5.41, 5.74) is 6.07. The highest BCUT2D eigenvalue weighted by molar-refractivity contribution is 5.96. The molecule has 0 saturated heterocycles. The van der Waals surface area contributed by atoms with E-state index in [1.165, 1.54) is 0 Å². The first kappa shape index (κ1) is 19.3. The van der Waals surface area contributed by atoms with Gasteiger partial charge < -0.3 is 18.9 Å². The molecule has 0 aliphatic carbocycles. The van der Waals surface area contributed by atoms with Crippen molar-refractivity contribution >= 4 is 11.8 Å². The Labute approximate surface area is 162 Å². The van der Waals surface area contributed by atoms with Crippen molar-refractivity contribution in [1.29, 1.82) is 0 Å². The number of benzene rings is 2. The van der Waals surface area contributed by atoms with Crippen LogP contribution < -0.4 is 29.8 Å². The van der Waals surface area contributed by atoms with Crippen LogP contribution in [0.5, 0.6) is 23.0 Å². The van der Waals surface area contributed by atoms with Crippen LogP contribution in [0, 0.1) is 0 Å². The Hall–Kier alpha value is -3.42. The van der Waals surface area contributed by atoms with Crippen molar-refractivity contribution < 1.29 is 28.5 Å². The fourth-order valence-electron chi connectivity index (χ4n) is 2.71. The molecule has 2 aromatic rings. The van der Waals surface area contributed by atoms with E-state index in [4.69, 9.17) is 18.9 Å². The van der Waals surface area contributed by atoms with Crippen LogP contribution in [-0.2, 0) is 11.2 Å². The van der Waals surface area contributed by atoms with Crippen LogP contribution in [0.1, 0.15) is 22.3 Å². The summed E-state index contributed by atoms with van der Waals surface area (Å²) in [5.74, 6) is 1.67.